The number of thioether (sulfide) groups is 1. The van der Waals surface area contributed by atoms with Crippen molar-refractivity contribution in [3.8, 4) is 5.69 Å². The molecule has 1 aliphatic rings. The number of aryl methyl sites for hydroxylation is 2. The fourth-order valence-corrected chi connectivity index (χ4v) is 4.59. The second-order valence-electron chi connectivity index (χ2n) is 6.74. The van der Waals surface area contributed by atoms with Crippen molar-refractivity contribution in [3.05, 3.63) is 69.9 Å². The molecule has 2 aromatic rings. The average molecular weight is 427 g/mol. The van der Waals surface area contributed by atoms with Crippen LogP contribution < -0.4 is 0 Å². The third-order valence-corrected chi connectivity index (χ3v) is 6.19. The number of amides is 1. The summed E-state index contributed by atoms with van der Waals surface area (Å²) >= 11 is 6.61. The third-order valence-electron chi connectivity index (χ3n) is 4.81. The Labute approximate surface area is 180 Å². The minimum absolute atomic E-state index is 0.103. The molecule has 1 fully saturated rings. The predicted octanol–water partition coefficient (Wildman–Crippen LogP) is 4.58. The fourth-order valence-electron chi connectivity index (χ4n) is 3.33. The molecular weight excluding hydrogens is 404 g/mol. The van der Waals surface area contributed by atoms with E-state index in [1.165, 1.54) is 18.9 Å². The summed E-state index contributed by atoms with van der Waals surface area (Å²) in [5, 5.41) is 0. The molecule has 1 aliphatic heterocycles. The van der Waals surface area contributed by atoms with Gasteiger partial charge in [0.15, 0.2) is 0 Å². The molecule has 0 aliphatic carbocycles. The molecule has 0 spiro atoms. The number of thiocarbonyl (C=S) groups is 1. The maximum absolute atomic E-state index is 12.6. The van der Waals surface area contributed by atoms with Crippen LogP contribution >= 0.6 is 24.0 Å². The van der Waals surface area contributed by atoms with Crippen LogP contribution in [0.15, 0.2) is 41.8 Å². The fraction of sp³-hybridized carbons (Fsp3) is 0.227. The molecule has 2 heterocycles. The Morgan fingerprint density at radius 1 is 1.28 bits per heavy atom. The van der Waals surface area contributed by atoms with Crippen molar-refractivity contribution in [3.63, 3.8) is 0 Å². The van der Waals surface area contributed by atoms with E-state index in [1.54, 1.807) is 17.0 Å². The molecule has 0 radical (unpaired) electrons. The van der Waals surface area contributed by atoms with E-state index in [1.807, 2.05) is 45.0 Å². The Bertz CT molecular complexity index is 1070. The Balaban J connectivity index is 2.05. The number of methoxy groups -OCH3 is 1. The van der Waals surface area contributed by atoms with Gasteiger partial charge in [0.25, 0.3) is 5.91 Å². The van der Waals surface area contributed by atoms with Crippen LogP contribution in [0.3, 0.4) is 0 Å². The summed E-state index contributed by atoms with van der Waals surface area (Å²) in [5.74, 6) is -0.478. The van der Waals surface area contributed by atoms with Crippen molar-refractivity contribution in [1.82, 2.24) is 9.47 Å². The van der Waals surface area contributed by atoms with E-state index in [4.69, 9.17) is 17.0 Å². The first kappa shape index (κ1) is 21.1. The monoisotopic (exact) mass is 426 g/mol. The SMILES string of the molecule is C=CCN1C(=O)/C(=C/c2cc(C)n(-c3cc(C(=O)OC)ccc3C)c2C)SC1=S. The minimum atomic E-state index is -0.375. The summed E-state index contributed by atoms with van der Waals surface area (Å²) in [5.41, 5.74) is 5.34. The van der Waals surface area contributed by atoms with Crippen LogP contribution in [0.5, 0.6) is 0 Å². The van der Waals surface area contributed by atoms with Gasteiger partial charge < -0.3 is 9.30 Å². The molecule has 1 saturated heterocycles. The Kier molecular flexibility index (Phi) is 6.10. The Hall–Kier alpha value is -2.64. The molecule has 0 unspecified atom stereocenters. The summed E-state index contributed by atoms with van der Waals surface area (Å²) < 4.78 is 7.47. The highest BCUT2D eigenvalue weighted by atomic mass is 32.2. The van der Waals surface area contributed by atoms with Crippen LogP contribution in [0.4, 0.5) is 0 Å². The molecule has 3 rings (SSSR count). The summed E-state index contributed by atoms with van der Waals surface area (Å²) in [4.78, 5) is 26.7. The number of aromatic nitrogens is 1. The van der Waals surface area contributed by atoms with Gasteiger partial charge in [0.05, 0.1) is 17.6 Å². The van der Waals surface area contributed by atoms with E-state index >= 15 is 0 Å². The molecule has 7 heteroatoms. The zero-order valence-electron chi connectivity index (χ0n) is 16.8. The lowest BCUT2D eigenvalue weighted by Crippen LogP contribution is -2.27. The standard InChI is InChI=1S/C22H22N2O3S2/c1-6-9-23-20(25)19(29-22(23)28)12-17-10-14(3)24(15(17)4)18-11-16(21(26)27-5)8-7-13(18)2/h6-8,10-12H,1,9H2,2-5H3/b19-12-. The summed E-state index contributed by atoms with van der Waals surface area (Å²) in [6.45, 7) is 10.1. The van der Waals surface area contributed by atoms with Crippen molar-refractivity contribution < 1.29 is 14.3 Å². The number of hydrogen-bond acceptors (Lipinski definition) is 5. The number of hydrogen-bond donors (Lipinski definition) is 0. The van der Waals surface area contributed by atoms with E-state index in [9.17, 15) is 9.59 Å². The number of esters is 1. The van der Waals surface area contributed by atoms with Gasteiger partial charge in [-0.2, -0.15) is 0 Å². The number of ether oxygens (including phenoxy) is 1. The van der Waals surface area contributed by atoms with Crippen LogP contribution in [0.25, 0.3) is 11.8 Å². The van der Waals surface area contributed by atoms with Crippen LogP contribution in [-0.4, -0.2) is 39.3 Å². The first-order valence-corrected chi connectivity index (χ1v) is 10.3. The topological polar surface area (TPSA) is 51.5 Å². The molecule has 0 bridgehead atoms. The number of carbonyl (C=O) groups excluding carboxylic acids is 2. The molecule has 0 N–H and O–H groups in total. The Morgan fingerprint density at radius 3 is 2.66 bits per heavy atom. The molecule has 0 atom stereocenters. The predicted molar refractivity (Wildman–Crippen MR) is 121 cm³/mol. The number of nitrogens with zero attached hydrogens (tertiary/aromatic N) is 2. The van der Waals surface area contributed by atoms with E-state index in [0.29, 0.717) is 21.3 Å². The molecule has 5 nitrogen and oxygen atoms in total. The molecule has 0 saturated carbocycles. The van der Waals surface area contributed by atoms with Gasteiger partial charge in [0, 0.05) is 23.6 Å². The third kappa shape index (κ3) is 3.93. The van der Waals surface area contributed by atoms with Crippen LogP contribution in [0.1, 0.15) is 32.9 Å². The summed E-state index contributed by atoms with van der Waals surface area (Å²) in [6, 6.07) is 7.51. The summed E-state index contributed by atoms with van der Waals surface area (Å²) in [7, 11) is 1.37. The number of carbonyl (C=O) groups is 2. The average Bonchev–Trinajstić information content (AvgIpc) is 3.12. The van der Waals surface area contributed by atoms with Gasteiger partial charge in [-0.1, -0.05) is 36.1 Å². The lowest BCUT2D eigenvalue weighted by atomic mass is 10.1. The largest absolute Gasteiger partial charge is 0.465 e. The lowest BCUT2D eigenvalue weighted by Gasteiger charge is -2.14. The van der Waals surface area contributed by atoms with Gasteiger partial charge in [-0.15, -0.1) is 6.58 Å². The van der Waals surface area contributed by atoms with Crippen molar-refractivity contribution >= 4 is 46.3 Å². The highest BCUT2D eigenvalue weighted by Crippen LogP contribution is 2.34. The van der Waals surface area contributed by atoms with Crippen molar-refractivity contribution in [2.45, 2.75) is 20.8 Å². The van der Waals surface area contributed by atoms with Crippen LogP contribution in [0, 0.1) is 20.8 Å². The Morgan fingerprint density at radius 2 is 2.00 bits per heavy atom. The number of benzene rings is 1. The van der Waals surface area contributed by atoms with Crippen LogP contribution in [0.2, 0.25) is 0 Å². The van der Waals surface area contributed by atoms with Crippen molar-refractivity contribution in [2.24, 2.45) is 0 Å². The zero-order valence-corrected chi connectivity index (χ0v) is 18.4. The summed E-state index contributed by atoms with van der Waals surface area (Å²) in [6.07, 6.45) is 3.54. The van der Waals surface area contributed by atoms with Gasteiger partial charge in [-0.3, -0.25) is 9.69 Å². The minimum Gasteiger partial charge on any atom is -0.465 e. The van der Waals surface area contributed by atoms with Crippen molar-refractivity contribution in [2.75, 3.05) is 13.7 Å². The second kappa shape index (κ2) is 8.39. The highest BCUT2D eigenvalue weighted by Gasteiger charge is 2.31. The zero-order chi connectivity index (χ0) is 21.3. The van der Waals surface area contributed by atoms with Crippen molar-refractivity contribution in [1.29, 1.82) is 0 Å². The van der Waals surface area contributed by atoms with Gasteiger partial charge in [-0.05, 0) is 56.2 Å². The molecule has 1 aromatic carbocycles. The lowest BCUT2D eigenvalue weighted by molar-refractivity contribution is -0.121. The van der Waals surface area contributed by atoms with Gasteiger partial charge in [0.2, 0.25) is 0 Å². The normalized spacial score (nSPS) is 15.3. The van der Waals surface area contributed by atoms with E-state index in [-0.39, 0.29) is 11.9 Å². The van der Waals surface area contributed by atoms with Gasteiger partial charge in [-0.25, -0.2) is 4.79 Å². The highest BCUT2D eigenvalue weighted by molar-refractivity contribution is 8.26. The van der Waals surface area contributed by atoms with Crippen LogP contribution in [-0.2, 0) is 9.53 Å². The molecule has 150 valence electrons. The van der Waals surface area contributed by atoms with E-state index < -0.39 is 0 Å². The molecular formula is C22H22N2O3S2. The maximum atomic E-state index is 12.6. The quantitative estimate of drug-likeness (QED) is 0.303. The first-order chi connectivity index (χ1) is 13.8. The van der Waals surface area contributed by atoms with Gasteiger partial charge in [0.1, 0.15) is 4.32 Å². The molecule has 29 heavy (non-hydrogen) atoms. The van der Waals surface area contributed by atoms with Gasteiger partial charge >= 0.3 is 5.97 Å². The number of rotatable bonds is 5. The van der Waals surface area contributed by atoms with E-state index in [2.05, 4.69) is 11.1 Å². The molecule has 1 aromatic heterocycles. The maximum Gasteiger partial charge on any atom is 0.337 e. The smallest absolute Gasteiger partial charge is 0.337 e. The molecule has 1 amide bonds. The first-order valence-electron chi connectivity index (χ1n) is 9.03. The second-order valence-corrected chi connectivity index (χ2v) is 8.41. The van der Waals surface area contributed by atoms with E-state index in [0.717, 1.165) is 28.2 Å².